The Hall–Kier alpha value is -2.20. The molecule has 2 aromatic carbocycles. The van der Waals surface area contributed by atoms with Gasteiger partial charge in [-0.25, -0.2) is 17.6 Å². The zero-order chi connectivity index (χ0) is 30.1. The van der Waals surface area contributed by atoms with Crippen molar-refractivity contribution >= 4 is 0 Å². The minimum Gasteiger partial charge on any atom is -0.489 e. The van der Waals surface area contributed by atoms with Crippen LogP contribution in [0.5, 0.6) is 5.75 Å². The number of halogens is 4. The van der Waals surface area contributed by atoms with Crippen LogP contribution >= 0.6 is 0 Å². The molecule has 9 heteroatoms. The maximum Gasteiger partial charge on any atom is 0.168 e. The van der Waals surface area contributed by atoms with E-state index in [1.165, 1.54) is 5.56 Å². The zero-order valence-corrected chi connectivity index (χ0v) is 24.8. The number of fused-ring (bicyclic) bond motifs is 5. The van der Waals surface area contributed by atoms with Crippen LogP contribution in [0.3, 0.4) is 0 Å². The summed E-state index contributed by atoms with van der Waals surface area (Å²) in [5.74, 6) is -3.85. The van der Waals surface area contributed by atoms with Crippen molar-refractivity contribution in [2.45, 2.75) is 103 Å². The van der Waals surface area contributed by atoms with E-state index >= 15 is 0 Å². The molecule has 1 N–H and O–H groups in total. The highest BCUT2D eigenvalue weighted by Gasteiger charge is 2.55. The van der Waals surface area contributed by atoms with Crippen LogP contribution in [-0.2, 0) is 33.8 Å². The maximum atomic E-state index is 14.9. The molecule has 4 aliphatic rings. The largest absolute Gasteiger partial charge is 0.489 e. The fraction of sp³-hybridized carbons (Fsp3) is 0.647. The summed E-state index contributed by atoms with van der Waals surface area (Å²) >= 11 is 0. The molecule has 0 spiro atoms. The summed E-state index contributed by atoms with van der Waals surface area (Å²) in [7, 11) is 0. The fourth-order valence-electron chi connectivity index (χ4n) is 8.31. The number of aryl methyl sites for hydroxylation is 1. The Bertz CT molecular complexity index is 1270. The van der Waals surface area contributed by atoms with Crippen molar-refractivity contribution in [2.75, 3.05) is 19.8 Å². The van der Waals surface area contributed by atoms with Gasteiger partial charge in [-0.05, 0) is 111 Å². The summed E-state index contributed by atoms with van der Waals surface area (Å²) in [6.45, 7) is 2.34. The number of rotatable bonds is 10. The molecular formula is C34H42F4O5. The van der Waals surface area contributed by atoms with Crippen LogP contribution in [0.2, 0.25) is 0 Å². The first-order chi connectivity index (χ1) is 20.8. The lowest BCUT2D eigenvalue weighted by molar-refractivity contribution is -0.169. The molecule has 2 aromatic rings. The lowest BCUT2D eigenvalue weighted by Gasteiger charge is -2.50. The Labute approximate surface area is 250 Å². The summed E-state index contributed by atoms with van der Waals surface area (Å²) < 4.78 is 82.1. The van der Waals surface area contributed by atoms with E-state index in [-0.39, 0.29) is 18.1 Å². The van der Waals surface area contributed by atoms with Gasteiger partial charge < -0.3 is 24.1 Å². The quantitative estimate of drug-likeness (QED) is 0.173. The van der Waals surface area contributed by atoms with Crippen LogP contribution < -0.4 is 4.74 Å². The second kappa shape index (κ2) is 13.0. The van der Waals surface area contributed by atoms with Crippen molar-refractivity contribution in [1.29, 1.82) is 0 Å². The second-order valence-corrected chi connectivity index (χ2v) is 12.9. The van der Waals surface area contributed by atoms with Crippen molar-refractivity contribution in [3.8, 4) is 5.75 Å². The van der Waals surface area contributed by atoms with Gasteiger partial charge in [0.25, 0.3) is 0 Å². The van der Waals surface area contributed by atoms with Gasteiger partial charge in [0.1, 0.15) is 12.4 Å². The molecule has 3 fully saturated rings. The predicted octanol–water partition coefficient (Wildman–Crippen LogP) is 7.49. The van der Waals surface area contributed by atoms with Gasteiger partial charge in [0.05, 0.1) is 23.8 Å². The number of ether oxygens (including phenoxy) is 4. The van der Waals surface area contributed by atoms with Crippen molar-refractivity contribution < 1.29 is 41.6 Å². The standard InChI is InChI=1S/C34H42F4O5/c1-34-13-12-23-22-9-7-21(17-20(22)6-8-24(23)27(34)10-11-28(34)40-16-4-14-39)42-18-25-30(35)32(37)26(33(38)31(25)36)19-43-29-5-2-3-15-41-29/h7,9,17,23-24,27-29,39H,2-6,8,10-16,18-19H2,1H3/t23-,24-,27+,28+,29?,34+/m1/s1. The van der Waals surface area contributed by atoms with Crippen LogP contribution in [0.25, 0.3) is 0 Å². The molecule has 0 amide bonds. The van der Waals surface area contributed by atoms with Crippen molar-refractivity contribution in [3.63, 3.8) is 0 Å². The third-order valence-electron chi connectivity index (χ3n) is 10.6. The van der Waals surface area contributed by atoms with Crippen LogP contribution in [-0.4, -0.2) is 37.3 Å². The highest BCUT2D eigenvalue weighted by Crippen LogP contribution is 2.61. The Kier molecular flexibility index (Phi) is 9.34. The van der Waals surface area contributed by atoms with Crippen molar-refractivity contribution in [1.82, 2.24) is 0 Å². The average molecular weight is 607 g/mol. The average Bonchev–Trinajstić information content (AvgIpc) is 3.36. The van der Waals surface area contributed by atoms with Gasteiger partial charge in [-0.1, -0.05) is 13.0 Å². The van der Waals surface area contributed by atoms with Crippen LogP contribution in [0.15, 0.2) is 18.2 Å². The molecule has 1 unspecified atom stereocenters. The van der Waals surface area contributed by atoms with Gasteiger partial charge in [0, 0.05) is 19.8 Å². The molecule has 0 aromatic heterocycles. The van der Waals surface area contributed by atoms with E-state index in [2.05, 4.69) is 13.0 Å². The summed E-state index contributed by atoms with van der Waals surface area (Å²) in [5.41, 5.74) is 1.04. The zero-order valence-electron chi connectivity index (χ0n) is 24.8. The molecule has 5 nitrogen and oxygen atoms in total. The number of hydrogen-bond acceptors (Lipinski definition) is 5. The molecule has 6 atom stereocenters. The third-order valence-corrected chi connectivity index (χ3v) is 10.6. The number of aliphatic hydroxyl groups is 1. The first-order valence-electron chi connectivity index (χ1n) is 15.9. The van der Waals surface area contributed by atoms with E-state index in [1.54, 1.807) is 6.07 Å². The summed E-state index contributed by atoms with van der Waals surface area (Å²) in [4.78, 5) is 0. The van der Waals surface area contributed by atoms with E-state index < -0.39 is 53.9 Å². The second-order valence-electron chi connectivity index (χ2n) is 12.9. The number of hydrogen-bond donors (Lipinski definition) is 1. The summed E-state index contributed by atoms with van der Waals surface area (Å²) in [6, 6.07) is 5.75. The fourth-order valence-corrected chi connectivity index (χ4v) is 8.31. The first kappa shape index (κ1) is 30.8. The highest BCUT2D eigenvalue weighted by atomic mass is 19.2. The van der Waals surface area contributed by atoms with Gasteiger partial charge in [0.15, 0.2) is 29.6 Å². The van der Waals surface area contributed by atoms with Crippen molar-refractivity contribution in [2.24, 2.45) is 17.3 Å². The number of benzene rings is 2. The van der Waals surface area contributed by atoms with Gasteiger partial charge in [-0.15, -0.1) is 0 Å². The minimum atomic E-state index is -1.47. The molecule has 236 valence electrons. The first-order valence-corrected chi connectivity index (χ1v) is 15.9. The van der Waals surface area contributed by atoms with E-state index in [0.717, 1.165) is 56.9 Å². The normalized spacial score (nSPS) is 30.0. The number of aliphatic hydroxyl groups excluding tert-OH is 1. The lowest BCUT2D eigenvalue weighted by atomic mass is 9.55. The Morgan fingerprint density at radius 3 is 2.40 bits per heavy atom. The molecule has 2 saturated carbocycles. The van der Waals surface area contributed by atoms with E-state index in [0.29, 0.717) is 49.6 Å². The summed E-state index contributed by atoms with van der Waals surface area (Å²) in [6.07, 6.45) is 8.85. The molecule has 3 aliphatic carbocycles. The Balaban J connectivity index is 1.12. The van der Waals surface area contributed by atoms with Gasteiger partial charge >= 0.3 is 0 Å². The highest BCUT2D eigenvalue weighted by molar-refractivity contribution is 5.41. The molecule has 1 aliphatic heterocycles. The Morgan fingerprint density at radius 2 is 1.67 bits per heavy atom. The van der Waals surface area contributed by atoms with Crippen molar-refractivity contribution in [3.05, 3.63) is 63.7 Å². The summed E-state index contributed by atoms with van der Waals surface area (Å²) in [5, 5.41) is 9.15. The Morgan fingerprint density at radius 1 is 0.907 bits per heavy atom. The predicted molar refractivity (Wildman–Crippen MR) is 151 cm³/mol. The maximum absolute atomic E-state index is 14.9. The SMILES string of the molecule is C[C@]12CC[C@@H]3c4ccc(OCc5c(F)c(F)c(COC6CCCCO6)c(F)c5F)cc4CC[C@H]3[C@@H]1CC[C@@H]2OCCCO. The molecule has 1 heterocycles. The van der Waals surface area contributed by atoms with Crippen LogP contribution in [0.4, 0.5) is 17.6 Å². The van der Waals surface area contributed by atoms with Gasteiger partial charge in [-0.3, -0.25) is 0 Å². The topological polar surface area (TPSA) is 57.2 Å². The lowest BCUT2D eigenvalue weighted by Crippen LogP contribution is -2.44. The van der Waals surface area contributed by atoms with Crippen LogP contribution in [0.1, 0.15) is 92.9 Å². The molecule has 0 bridgehead atoms. The smallest absolute Gasteiger partial charge is 0.168 e. The molecule has 1 saturated heterocycles. The molecular weight excluding hydrogens is 564 g/mol. The third kappa shape index (κ3) is 5.95. The molecule has 0 radical (unpaired) electrons. The molecule has 6 rings (SSSR count). The van der Waals surface area contributed by atoms with Gasteiger partial charge in [-0.2, -0.15) is 0 Å². The van der Waals surface area contributed by atoms with E-state index in [1.807, 2.05) is 6.07 Å². The van der Waals surface area contributed by atoms with E-state index in [4.69, 9.17) is 24.1 Å². The molecule has 43 heavy (non-hydrogen) atoms. The minimum absolute atomic E-state index is 0.149. The van der Waals surface area contributed by atoms with Gasteiger partial charge in [0.2, 0.25) is 0 Å². The van der Waals surface area contributed by atoms with Crippen LogP contribution in [0, 0.1) is 40.5 Å². The monoisotopic (exact) mass is 606 g/mol. The van der Waals surface area contributed by atoms with E-state index in [9.17, 15) is 17.6 Å².